The fraction of sp³-hybridized carbons (Fsp3) is 0.962. The second-order valence-corrected chi connectivity index (χ2v) is 9.06. The predicted octanol–water partition coefficient (Wildman–Crippen LogP) is 8.14. The number of carbonyl (C=O) groups is 1. The van der Waals surface area contributed by atoms with Crippen molar-refractivity contribution in [3.8, 4) is 0 Å². The van der Waals surface area contributed by atoms with Crippen LogP contribution in [-0.2, 0) is 14.3 Å². The molecule has 3 heteroatoms. The third-order valence-corrected chi connectivity index (χ3v) is 6.16. The number of carbonyl (C=O) groups excluding carboxylic acids is 1. The average Bonchev–Trinajstić information content (AvgIpc) is 3.47. The summed E-state index contributed by atoms with van der Waals surface area (Å²) < 4.78 is 11.1. The Labute approximate surface area is 181 Å². The SMILES string of the molecule is CCCCCCCCOC(=O)CCCCCCC[C@@H]1O[C@@H]1CCCCCCCC. The highest BCUT2D eigenvalue weighted by molar-refractivity contribution is 5.69. The van der Waals surface area contributed by atoms with Crippen molar-refractivity contribution < 1.29 is 14.3 Å². The number of unbranched alkanes of at least 4 members (excludes halogenated alkanes) is 14. The van der Waals surface area contributed by atoms with E-state index in [1.54, 1.807) is 0 Å². The third kappa shape index (κ3) is 16.9. The topological polar surface area (TPSA) is 38.8 Å². The van der Waals surface area contributed by atoms with Crippen LogP contribution in [0.5, 0.6) is 0 Å². The van der Waals surface area contributed by atoms with Crippen molar-refractivity contribution in [2.75, 3.05) is 6.61 Å². The van der Waals surface area contributed by atoms with Gasteiger partial charge in [0.25, 0.3) is 0 Å². The van der Waals surface area contributed by atoms with Crippen molar-refractivity contribution in [2.45, 2.75) is 154 Å². The molecule has 1 fully saturated rings. The Balaban J connectivity index is 1.75. The van der Waals surface area contributed by atoms with Crippen LogP contribution in [0.2, 0.25) is 0 Å². The molecule has 0 aromatic heterocycles. The maximum absolute atomic E-state index is 11.7. The highest BCUT2D eigenvalue weighted by Crippen LogP contribution is 2.31. The summed E-state index contributed by atoms with van der Waals surface area (Å²) >= 11 is 0. The Morgan fingerprint density at radius 2 is 1.07 bits per heavy atom. The maximum Gasteiger partial charge on any atom is 0.305 e. The van der Waals surface area contributed by atoms with Gasteiger partial charge < -0.3 is 9.47 Å². The number of hydrogen-bond acceptors (Lipinski definition) is 3. The van der Waals surface area contributed by atoms with Crippen LogP contribution >= 0.6 is 0 Å². The van der Waals surface area contributed by atoms with Crippen molar-refractivity contribution in [1.29, 1.82) is 0 Å². The van der Waals surface area contributed by atoms with Crippen molar-refractivity contribution in [1.82, 2.24) is 0 Å². The lowest BCUT2D eigenvalue weighted by Gasteiger charge is -2.05. The van der Waals surface area contributed by atoms with E-state index in [0.717, 1.165) is 19.3 Å². The monoisotopic (exact) mass is 410 g/mol. The van der Waals surface area contributed by atoms with E-state index in [1.807, 2.05) is 0 Å². The third-order valence-electron chi connectivity index (χ3n) is 6.16. The molecule has 1 rings (SSSR count). The minimum atomic E-state index is 0.00229. The van der Waals surface area contributed by atoms with Gasteiger partial charge in [-0.15, -0.1) is 0 Å². The van der Waals surface area contributed by atoms with E-state index in [0.29, 0.717) is 25.2 Å². The van der Waals surface area contributed by atoms with E-state index in [4.69, 9.17) is 9.47 Å². The molecule has 0 radical (unpaired) electrons. The zero-order valence-electron chi connectivity index (χ0n) is 19.7. The van der Waals surface area contributed by atoms with E-state index < -0.39 is 0 Å². The molecule has 0 saturated carbocycles. The predicted molar refractivity (Wildman–Crippen MR) is 123 cm³/mol. The maximum atomic E-state index is 11.7. The molecule has 1 saturated heterocycles. The summed E-state index contributed by atoms with van der Waals surface area (Å²) in [6.07, 6.45) is 25.8. The fourth-order valence-corrected chi connectivity index (χ4v) is 4.10. The van der Waals surface area contributed by atoms with Gasteiger partial charge in [0.15, 0.2) is 0 Å². The number of ether oxygens (including phenoxy) is 2. The highest BCUT2D eigenvalue weighted by atomic mass is 16.6. The standard InChI is InChI=1S/C26H50O3/c1-3-5-7-9-12-16-20-24-25(29-24)21-17-13-11-14-18-22-26(27)28-23-19-15-10-8-6-4-2/h24-25H,3-23H2,1-2H3/t24-,25+/m1/s1. The lowest BCUT2D eigenvalue weighted by atomic mass is 10.0. The van der Waals surface area contributed by atoms with Gasteiger partial charge in [0.05, 0.1) is 18.8 Å². The molecule has 1 aliphatic heterocycles. The zero-order valence-corrected chi connectivity index (χ0v) is 19.7. The zero-order chi connectivity index (χ0) is 21.0. The summed E-state index contributed by atoms with van der Waals surface area (Å²) in [6, 6.07) is 0. The van der Waals surface area contributed by atoms with Crippen LogP contribution in [-0.4, -0.2) is 24.8 Å². The minimum Gasteiger partial charge on any atom is -0.466 e. The summed E-state index contributed by atoms with van der Waals surface area (Å²) in [4.78, 5) is 11.7. The number of rotatable bonds is 22. The molecule has 1 heterocycles. The van der Waals surface area contributed by atoms with Gasteiger partial charge in [-0.25, -0.2) is 0 Å². The molecule has 0 aromatic rings. The number of hydrogen-bond donors (Lipinski definition) is 0. The highest BCUT2D eigenvalue weighted by Gasteiger charge is 2.36. The summed E-state index contributed by atoms with van der Waals surface area (Å²) in [5.74, 6) is 0.00229. The van der Waals surface area contributed by atoms with Gasteiger partial charge in [0.1, 0.15) is 0 Å². The summed E-state index contributed by atoms with van der Waals surface area (Å²) in [5.41, 5.74) is 0. The van der Waals surface area contributed by atoms with Gasteiger partial charge in [0, 0.05) is 6.42 Å². The molecule has 0 bridgehead atoms. The largest absolute Gasteiger partial charge is 0.466 e. The molecule has 0 spiro atoms. The first-order valence-corrected chi connectivity index (χ1v) is 13.1. The minimum absolute atomic E-state index is 0.00229. The Morgan fingerprint density at radius 1 is 0.621 bits per heavy atom. The first kappa shape index (κ1) is 26.5. The molecule has 29 heavy (non-hydrogen) atoms. The molecule has 0 aromatic carbocycles. The summed E-state index contributed by atoms with van der Waals surface area (Å²) in [7, 11) is 0. The van der Waals surface area contributed by atoms with Crippen LogP contribution in [0.1, 0.15) is 142 Å². The second kappa shape index (κ2) is 19.4. The molecular weight excluding hydrogens is 360 g/mol. The van der Waals surface area contributed by atoms with E-state index in [2.05, 4.69) is 13.8 Å². The fourth-order valence-electron chi connectivity index (χ4n) is 4.10. The molecule has 0 amide bonds. The van der Waals surface area contributed by atoms with Gasteiger partial charge in [-0.05, 0) is 25.7 Å². The van der Waals surface area contributed by atoms with Gasteiger partial charge in [-0.2, -0.15) is 0 Å². The number of esters is 1. The van der Waals surface area contributed by atoms with Crippen molar-refractivity contribution in [3.05, 3.63) is 0 Å². The molecule has 2 atom stereocenters. The molecule has 0 N–H and O–H groups in total. The van der Waals surface area contributed by atoms with Crippen molar-refractivity contribution in [3.63, 3.8) is 0 Å². The first-order chi connectivity index (χ1) is 14.3. The van der Waals surface area contributed by atoms with Gasteiger partial charge in [0.2, 0.25) is 0 Å². The summed E-state index contributed by atoms with van der Waals surface area (Å²) in [5, 5.41) is 0. The van der Waals surface area contributed by atoms with Gasteiger partial charge in [-0.1, -0.05) is 110 Å². The smallest absolute Gasteiger partial charge is 0.305 e. The Morgan fingerprint density at radius 3 is 1.62 bits per heavy atom. The van der Waals surface area contributed by atoms with Crippen LogP contribution in [0.4, 0.5) is 0 Å². The van der Waals surface area contributed by atoms with E-state index in [-0.39, 0.29) is 5.97 Å². The summed E-state index contributed by atoms with van der Waals surface area (Å²) in [6.45, 7) is 5.12. The van der Waals surface area contributed by atoms with Gasteiger partial charge in [-0.3, -0.25) is 4.79 Å². The molecule has 0 unspecified atom stereocenters. The van der Waals surface area contributed by atoms with Crippen LogP contribution in [0, 0.1) is 0 Å². The van der Waals surface area contributed by atoms with E-state index in [9.17, 15) is 4.79 Å². The Bertz CT molecular complexity index is 369. The molecule has 172 valence electrons. The molecule has 1 aliphatic rings. The van der Waals surface area contributed by atoms with Crippen LogP contribution in [0.25, 0.3) is 0 Å². The lowest BCUT2D eigenvalue weighted by molar-refractivity contribution is -0.143. The molecule has 0 aliphatic carbocycles. The van der Waals surface area contributed by atoms with Crippen LogP contribution in [0.3, 0.4) is 0 Å². The van der Waals surface area contributed by atoms with Crippen molar-refractivity contribution in [2.24, 2.45) is 0 Å². The van der Waals surface area contributed by atoms with Crippen LogP contribution in [0.15, 0.2) is 0 Å². The van der Waals surface area contributed by atoms with Crippen molar-refractivity contribution >= 4 is 5.97 Å². The Kier molecular flexibility index (Phi) is 17.7. The van der Waals surface area contributed by atoms with Gasteiger partial charge >= 0.3 is 5.97 Å². The number of epoxide rings is 1. The lowest BCUT2D eigenvalue weighted by Crippen LogP contribution is -2.05. The van der Waals surface area contributed by atoms with Crippen LogP contribution < -0.4 is 0 Å². The average molecular weight is 411 g/mol. The second-order valence-electron chi connectivity index (χ2n) is 9.06. The van der Waals surface area contributed by atoms with E-state index >= 15 is 0 Å². The first-order valence-electron chi connectivity index (χ1n) is 13.1. The molecule has 3 nitrogen and oxygen atoms in total. The quantitative estimate of drug-likeness (QED) is 0.103. The normalized spacial score (nSPS) is 18.1. The Hall–Kier alpha value is -0.570. The van der Waals surface area contributed by atoms with E-state index in [1.165, 1.54) is 103 Å². The molecular formula is C26H50O3.